The van der Waals surface area contributed by atoms with Crippen LogP contribution in [0.4, 0.5) is 14.5 Å². The number of alkyl halides is 2. The second-order valence-corrected chi connectivity index (χ2v) is 6.68. The maximum Gasteiger partial charge on any atom is 0.314 e. The van der Waals surface area contributed by atoms with E-state index in [0.29, 0.717) is 24.4 Å². The average Bonchev–Trinajstić information content (AvgIpc) is 3.47. The SMILES string of the molecule is O=C1Cc2ccc(-c3nnn(Cc4ccc(-c5nnc(C(F)F)o5)cc4)n3)cc2N1. The fourth-order valence-corrected chi connectivity index (χ4v) is 3.13. The van der Waals surface area contributed by atoms with E-state index in [1.807, 2.05) is 18.2 Å². The molecule has 0 radical (unpaired) electrons. The number of rotatable bonds is 5. The molecule has 0 saturated heterocycles. The summed E-state index contributed by atoms with van der Waals surface area (Å²) in [6, 6.07) is 12.5. The predicted molar refractivity (Wildman–Crippen MR) is 99.4 cm³/mol. The van der Waals surface area contributed by atoms with E-state index in [0.717, 1.165) is 22.4 Å². The van der Waals surface area contributed by atoms with Crippen LogP contribution in [0.2, 0.25) is 0 Å². The molecule has 30 heavy (non-hydrogen) atoms. The Bertz CT molecular complexity index is 1230. The molecule has 1 aliphatic rings. The van der Waals surface area contributed by atoms with Gasteiger partial charge in [-0.15, -0.1) is 20.4 Å². The molecule has 0 aliphatic carbocycles. The molecule has 5 rings (SSSR count). The van der Waals surface area contributed by atoms with Crippen LogP contribution in [0.5, 0.6) is 0 Å². The van der Waals surface area contributed by atoms with Crippen LogP contribution >= 0.6 is 0 Å². The summed E-state index contributed by atoms with van der Waals surface area (Å²) in [4.78, 5) is 12.9. The molecule has 0 saturated carbocycles. The Hall–Kier alpha value is -4.02. The maximum absolute atomic E-state index is 12.6. The minimum atomic E-state index is -2.81. The fraction of sp³-hybridized carbons (Fsp3) is 0.158. The van der Waals surface area contributed by atoms with Crippen molar-refractivity contribution in [2.75, 3.05) is 5.32 Å². The molecular formula is C19H13F2N7O2. The Labute approximate surface area is 167 Å². The average molecular weight is 409 g/mol. The molecule has 1 aliphatic heterocycles. The van der Waals surface area contributed by atoms with Gasteiger partial charge in [0.2, 0.25) is 17.6 Å². The number of fused-ring (bicyclic) bond motifs is 1. The Morgan fingerprint density at radius 2 is 1.87 bits per heavy atom. The van der Waals surface area contributed by atoms with Crippen molar-refractivity contribution in [1.29, 1.82) is 0 Å². The van der Waals surface area contributed by atoms with Crippen LogP contribution in [-0.4, -0.2) is 36.3 Å². The minimum absolute atomic E-state index is 0.0294. The molecule has 0 atom stereocenters. The summed E-state index contributed by atoms with van der Waals surface area (Å²) in [5, 5.41) is 22.3. The summed E-state index contributed by atoms with van der Waals surface area (Å²) >= 11 is 0. The van der Waals surface area contributed by atoms with E-state index in [2.05, 4.69) is 30.9 Å². The zero-order chi connectivity index (χ0) is 20.7. The molecule has 150 valence electrons. The van der Waals surface area contributed by atoms with Crippen LogP contribution < -0.4 is 5.32 Å². The van der Waals surface area contributed by atoms with E-state index in [1.165, 1.54) is 4.80 Å². The van der Waals surface area contributed by atoms with E-state index in [4.69, 9.17) is 4.42 Å². The normalized spacial score (nSPS) is 13.0. The van der Waals surface area contributed by atoms with Gasteiger partial charge in [0.15, 0.2) is 0 Å². The minimum Gasteiger partial charge on any atom is -0.415 e. The summed E-state index contributed by atoms with van der Waals surface area (Å²) < 4.78 is 30.1. The van der Waals surface area contributed by atoms with Crippen molar-refractivity contribution in [3.05, 3.63) is 59.5 Å². The lowest BCUT2D eigenvalue weighted by atomic mass is 10.1. The molecule has 9 nitrogen and oxygen atoms in total. The first-order valence-corrected chi connectivity index (χ1v) is 8.97. The Kier molecular flexibility index (Phi) is 4.27. The van der Waals surface area contributed by atoms with Crippen molar-refractivity contribution in [2.24, 2.45) is 0 Å². The summed E-state index contributed by atoms with van der Waals surface area (Å²) in [5.41, 5.74) is 3.87. The fourth-order valence-electron chi connectivity index (χ4n) is 3.13. The first kappa shape index (κ1) is 18.0. The van der Waals surface area contributed by atoms with Gasteiger partial charge in [0, 0.05) is 16.8 Å². The number of nitrogens with one attached hydrogen (secondary N) is 1. The standard InChI is InChI=1S/C19H13F2N7O2/c20-16(21)19-25-24-18(30-19)11-3-1-10(2-4-11)9-28-26-17(23-27-28)13-6-5-12-8-15(29)22-14(12)7-13/h1-7,16H,8-9H2,(H,22,29). The molecule has 2 aromatic heterocycles. The maximum atomic E-state index is 12.6. The number of halogens is 2. The van der Waals surface area contributed by atoms with E-state index in [-0.39, 0.29) is 11.8 Å². The number of aromatic nitrogens is 6. The van der Waals surface area contributed by atoms with Crippen molar-refractivity contribution in [3.8, 4) is 22.8 Å². The molecular weight excluding hydrogens is 396 g/mol. The Balaban J connectivity index is 1.30. The summed E-state index contributed by atoms with van der Waals surface area (Å²) in [7, 11) is 0. The van der Waals surface area contributed by atoms with Gasteiger partial charge in [-0.25, -0.2) is 0 Å². The topological polar surface area (TPSA) is 112 Å². The second kappa shape index (κ2) is 7.10. The number of hydrogen-bond acceptors (Lipinski definition) is 7. The van der Waals surface area contributed by atoms with Gasteiger partial charge in [-0.1, -0.05) is 24.3 Å². The van der Waals surface area contributed by atoms with Crippen LogP contribution in [-0.2, 0) is 17.8 Å². The summed E-state index contributed by atoms with van der Waals surface area (Å²) in [6.45, 7) is 0.362. The van der Waals surface area contributed by atoms with Crippen LogP contribution in [0.25, 0.3) is 22.8 Å². The third-order valence-electron chi connectivity index (χ3n) is 4.60. The highest BCUT2D eigenvalue weighted by Crippen LogP contribution is 2.28. The van der Waals surface area contributed by atoms with Gasteiger partial charge in [0.1, 0.15) is 0 Å². The van der Waals surface area contributed by atoms with Crippen LogP contribution in [0.15, 0.2) is 46.9 Å². The zero-order valence-corrected chi connectivity index (χ0v) is 15.3. The van der Waals surface area contributed by atoms with E-state index >= 15 is 0 Å². The molecule has 1 amide bonds. The number of carbonyl (C=O) groups is 1. The van der Waals surface area contributed by atoms with E-state index in [1.54, 1.807) is 24.3 Å². The smallest absolute Gasteiger partial charge is 0.314 e. The molecule has 0 fully saturated rings. The van der Waals surface area contributed by atoms with Crippen LogP contribution in [0.1, 0.15) is 23.4 Å². The number of hydrogen-bond donors (Lipinski definition) is 1. The third-order valence-corrected chi connectivity index (χ3v) is 4.60. The van der Waals surface area contributed by atoms with E-state index in [9.17, 15) is 13.6 Å². The first-order valence-electron chi connectivity index (χ1n) is 8.97. The number of tetrazole rings is 1. The molecule has 0 bridgehead atoms. The van der Waals surface area contributed by atoms with Gasteiger partial charge in [0.25, 0.3) is 5.89 Å². The number of nitrogens with zero attached hydrogens (tertiary/aromatic N) is 6. The lowest BCUT2D eigenvalue weighted by molar-refractivity contribution is -0.115. The van der Waals surface area contributed by atoms with Gasteiger partial charge in [0.05, 0.1) is 13.0 Å². The molecule has 2 aromatic carbocycles. The lowest BCUT2D eigenvalue weighted by Crippen LogP contribution is -2.04. The van der Waals surface area contributed by atoms with Crippen molar-refractivity contribution in [3.63, 3.8) is 0 Å². The molecule has 1 N–H and O–H groups in total. The quantitative estimate of drug-likeness (QED) is 0.539. The summed E-state index contributed by atoms with van der Waals surface area (Å²) in [5.74, 6) is -0.268. The zero-order valence-electron chi connectivity index (χ0n) is 15.3. The molecule has 11 heteroatoms. The van der Waals surface area contributed by atoms with Gasteiger partial charge < -0.3 is 9.73 Å². The van der Waals surface area contributed by atoms with Gasteiger partial charge in [-0.2, -0.15) is 13.6 Å². The number of benzene rings is 2. The van der Waals surface area contributed by atoms with Crippen molar-refractivity contribution in [2.45, 2.75) is 19.4 Å². The highest BCUT2D eigenvalue weighted by molar-refractivity contribution is 5.99. The number of carbonyl (C=O) groups excluding carboxylic acids is 1. The van der Waals surface area contributed by atoms with Crippen LogP contribution in [0, 0.1) is 0 Å². The first-order chi connectivity index (χ1) is 14.5. The highest BCUT2D eigenvalue weighted by atomic mass is 19.3. The highest BCUT2D eigenvalue weighted by Gasteiger charge is 2.19. The summed E-state index contributed by atoms with van der Waals surface area (Å²) in [6.07, 6.45) is -2.43. The molecule has 0 unspecified atom stereocenters. The van der Waals surface area contributed by atoms with Crippen molar-refractivity contribution < 1.29 is 18.0 Å². The second-order valence-electron chi connectivity index (χ2n) is 6.68. The molecule has 0 spiro atoms. The predicted octanol–water partition coefficient (Wildman–Crippen LogP) is 2.87. The van der Waals surface area contributed by atoms with Crippen molar-refractivity contribution >= 4 is 11.6 Å². The monoisotopic (exact) mass is 409 g/mol. The Morgan fingerprint density at radius 3 is 2.63 bits per heavy atom. The van der Waals surface area contributed by atoms with Gasteiger partial charge >= 0.3 is 6.43 Å². The van der Waals surface area contributed by atoms with E-state index < -0.39 is 12.3 Å². The van der Waals surface area contributed by atoms with Gasteiger partial charge in [-0.3, -0.25) is 4.79 Å². The number of anilines is 1. The number of amides is 1. The van der Waals surface area contributed by atoms with Gasteiger partial charge in [-0.05, 0) is 34.5 Å². The van der Waals surface area contributed by atoms with Crippen molar-refractivity contribution in [1.82, 2.24) is 30.4 Å². The molecule has 4 aromatic rings. The third kappa shape index (κ3) is 3.41. The molecule has 3 heterocycles. The Morgan fingerprint density at radius 1 is 1.07 bits per heavy atom. The lowest BCUT2D eigenvalue weighted by Gasteiger charge is -2.02. The van der Waals surface area contributed by atoms with Crippen LogP contribution in [0.3, 0.4) is 0 Å². The largest absolute Gasteiger partial charge is 0.415 e.